The number of ether oxygens (including phenoxy) is 2. The van der Waals surface area contributed by atoms with Crippen LogP contribution in [0.25, 0.3) is 0 Å². The standard InChI is InChI=1S/C12H10ClNO2/c1-15-10-4-2-3-5-11(10)16-12-8-14-7-6-9(12)13/h2-8H,1H3. The summed E-state index contributed by atoms with van der Waals surface area (Å²) in [6.07, 6.45) is 3.17. The van der Waals surface area contributed by atoms with E-state index in [0.717, 1.165) is 0 Å². The first-order valence-electron chi connectivity index (χ1n) is 4.71. The van der Waals surface area contributed by atoms with Crippen molar-refractivity contribution < 1.29 is 9.47 Å². The molecule has 82 valence electrons. The van der Waals surface area contributed by atoms with Gasteiger partial charge in [-0.3, -0.25) is 4.98 Å². The molecular weight excluding hydrogens is 226 g/mol. The molecule has 0 amide bonds. The van der Waals surface area contributed by atoms with Gasteiger partial charge in [-0.25, -0.2) is 0 Å². The predicted molar refractivity (Wildman–Crippen MR) is 62.3 cm³/mol. The van der Waals surface area contributed by atoms with E-state index >= 15 is 0 Å². The highest BCUT2D eigenvalue weighted by molar-refractivity contribution is 6.32. The van der Waals surface area contributed by atoms with Crippen LogP contribution in [0.15, 0.2) is 42.7 Å². The Hall–Kier alpha value is -1.74. The molecule has 0 saturated heterocycles. The number of hydrogen-bond donors (Lipinski definition) is 0. The molecule has 0 aliphatic heterocycles. The minimum Gasteiger partial charge on any atom is -0.493 e. The average molecular weight is 236 g/mol. The lowest BCUT2D eigenvalue weighted by Gasteiger charge is -2.10. The fourth-order valence-corrected chi connectivity index (χ4v) is 1.40. The molecular formula is C12H10ClNO2. The highest BCUT2D eigenvalue weighted by Gasteiger charge is 2.06. The van der Waals surface area contributed by atoms with Crippen molar-refractivity contribution in [3.8, 4) is 17.2 Å². The molecule has 0 unspecified atom stereocenters. The Labute approximate surface area is 98.6 Å². The predicted octanol–water partition coefficient (Wildman–Crippen LogP) is 3.54. The van der Waals surface area contributed by atoms with Crippen molar-refractivity contribution in [3.05, 3.63) is 47.7 Å². The van der Waals surface area contributed by atoms with Gasteiger partial charge in [-0.05, 0) is 18.2 Å². The fraction of sp³-hybridized carbons (Fsp3) is 0.0833. The summed E-state index contributed by atoms with van der Waals surface area (Å²) in [6, 6.07) is 9.03. The summed E-state index contributed by atoms with van der Waals surface area (Å²) in [6.45, 7) is 0. The van der Waals surface area contributed by atoms with Crippen LogP contribution in [0.5, 0.6) is 17.2 Å². The van der Waals surface area contributed by atoms with Crippen LogP contribution in [0.1, 0.15) is 0 Å². The van der Waals surface area contributed by atoms with Gasteiger partial charge < -0.3 is 9.47 Å². The minimum atomic E-state index is 0.508. The molecule has 1 aromatic carbocycles. The molecule has 0 N–H and O–H groups in total. The summed E-state index contributed by atoms with van der Waals surface area (Å²) < 4.78 is 10.8. The zero-order valence-corrected chi connectivity index (χ0v) is 9.44. The van der Waals surface area contributed by atoms with Crippen molar-refractivity contribution in [2.45, 2.75) is 0 Å². The van der Waals surface area contributed by atoms with Gasteiger partial charge in [-0.1, -0.05) is 23.7 Å². The zero-order chi connectivity index (χ0) is 11.4. The van der Waals surface area contributed by atoms with Gasteiger partial charge in [0.2, 0.25) is 0 Å². The van der Waals surface area contributed by atoms with Crippen LogP contribution in [-0.2, 0) is 0 Å². The smallest absolute Gasteiger partial charge is 0.169 e. The number of methoxy groups -OCH3 is 1. The molecule has 3 nitrogen and oxygen atoms in total. The molecule has 0 aliphatic rings. The van der Waals surface area contributed by atoms with Gasteiger partial charge in [-0.2, -0.15) is 0 Å². The van der Waals surface area contributed by atoms with E-state index in [-0.39, 0.29) is 0 Å². The molecule has 4 heteroatoms. The fourth-order valence-electron chi connectivity index (χ4n) is 1.26. The molecule has 0 radical (unpaired) electrons. The molecule has 2 rings (SSSR count). The van der Waals surface area contributed by atoms with E-state index < -0.39 is 0 Å². The lowest BCUT2D eigenvalue weighted by molar-refractivity contribution is 0.378. The third kappa shape index (κ3) is 2.25. The number of rotatable bonds is 3. The Balaban J connectivity index is 2.30. The Bertz CT molecular complexity index is 488. The normalized spacial score (nSPS) is 9.88. The maximum atomic E-state index is 5.96. The molecule has 1 heterocycles. The van der Waals surface area contributed by atoms with Crippen LogP contribution in [-0.4, -0.2) is 12.1 Å². The van der Waals surface area contributed by atoms with Crippen LogP contribution in [0.4, 0.5) is 0 Å². The monoisotopic (exact) mass is 235 g/mol. The zero-order valence-electron chi connectivity index (χ0n) is 8.68. The van der Waals surface area contributed by atoms with Crippen molar-refractivity contribution in [2.24, 2.45) is 0 Å². The maximum absolute atomic E-state index is 5.96. The highest BCUT2D eigenvalue weighted by atomic mass is 35.5. The van der Waals surface area contributed by atoms with Crippen LogP contribution in [0, 0.1) is 0 Å². The van der Waals surface area contributed by atoms with Gasteiger partial charge in [0.15, 0.2) is 17.2 Å². The Morgan fingerprint density at radius 1 is 1.06 bits per heavy atom. The van der Waals surface area contributed by atoms with Crippen LogP contribution in [0.2, 0.25) is 5.02 Å². The van der Waals surface area contributed by atoms with Crippen LogP contribution >= 0.6 is 11.6 Å². The van der Waals surface area contributed by atoms with E-state index in [9.17, 15) is 0 Å². The van der Waals surface area contributed by atoms with Crippen LogP contribution < -0.4 is 9.47 Å². The second-order valence-electron chi connectivity index (χ2n) is 3.06. The van der Waals surface area contributed by atoms with Crippen molar-refractivity contribution in [2.75, 3.05) is 7.11 Å². The van der Waals surface area contributed by atoms with Gasteiger partial charge in [0.05, 0.1) is 18.3 Å². The number of pyridine rings is 1. The third-order valence-electron chi connectivity index (χ3n) is 2.02. The molecule has 1 aromatic heterocycles. The first kappa shape index (κ1) is 10.8. The largest absolute Gasteiger partial charge is 0.493 e. The van der Waals surface area contributed by atoms with E-state index in [2.05, 4.69) is 4.98 Å². The Morgan fingerprint density at radius 3 is 2.50 bits per heavy atom. The SMILES string of the molecule is COc1ccccc1Oc1cnccc1Cl. The Morgan fingerprint density at radius 2 is 1.81 bits per heavy atom. The summed E-state index contributed by atoms with van der Waals surface area (Å²) in [4.78, 5) is 3.95. The second-order valence-corrected chi connectivity index (χ2v) is 3.47. The summed E-state index contributed by atoms with van der Waals surface area (Å²) in [5, 5.41) is 0.515. The van der Waals surface area contributed by atoms with Crippen molar-refractivity contribution in [3.63, 3.8) is 0 Å². The maximum Gasteiger partial charge on any atom is 0.169 e. The van der Waals surface area contributed by atoms with Gasteiger partial charge in [-0.15, -0.1) is 0 Å². The van der Waals surface area contributed by atoms with Gasteiger partial charge >= 0.3 is 0 Å². The second kappa shape index (κ2) is 4.86. The number of halogens is 1. The van der Waals surface area contributed by atoms with E-state index in [1.807, 2.05) is 24.3 Å². The number of benzene rings is 1. The van der Waals surface area contributed by atoms with Crippen molar-refractivity contribution in [1.29, 1.82) is 0 Å². The van der Waals surface area contributed by atoms with E-state index in [1.165, 1.54) is 0 Å². The number of para-hydroxylation sites is 2. The molecule has 0 fully saturated rings. The van der Waals surface area contributed by atoms with E-state index in [4.69, 9.17) is 21.1 Å². The molecule has 0 bridgehead atoms. The van der Waals surface area contributed by atoms with Crippen molar-refractivity contribution in [1.82, 2.24) is 4.98 Å². The highest BCUT2D eigenvalue weighted by Crippen LogP contribution is 2.33. The van der Waals surface area contributed by atoms with Crippen molar-refractivity contribution >= 4 is 11.6 Å². The average Bonchev–Trinajstić information content (AvgIpc) is 2.33. The summed E-state index contributed by atoms with van der Waals surface area (Å²) in [5.74, 6) is 1.77. The van der Waals surface area contributed by atoms with Gasteiger partial charge in [0, 0.05) is 6.20 Å². The number of aromatic nitrogens is 1. The van der Waals surface area contributed by atoms with Gasteiger partial charge in [0.1, 0.15) is 0 Å². The third-order valence-corrected chi connectivity index (χ3v) is 2.34. The lowest BCUT2D eigenvalue weighted by Crippen LogP contribution is -1.90. The molecule has 2 aromatic rings. The molecule has 0 spiro atoms. The first-order valence-corrected chi connectivity index (χ1v) is 5.09. The van der Waals surface area contributed by atoms with Gasteiger partial charge in [0.25, 0.3) is 0 Å². The van der Waals surface area contributed by atoms with Crippen LogP contribution in [0.3, 0.4) is 0 Å². The van der Waals surface area contributed by atoms with E-state index in [0.29, 0.717) is 22.3 Å². The number of hydrogen-bond acceptors (Lipinski definition) is 3. The first-order chi connectivity index (χ1) is 7.81. The molecule has 0 saturated carbocycles. The van der Waals surface area contributed by atoms with E-state index in [1.54, 1.807) is 25.6 Å². The number of nitrogens with zero attached hydrogens (tertiary/aromatic N) is 1. The quantitative estimate of drug-likeness (QED) is 0.816. The summed E-state index contributed by atoms with van der Waals surface area (Å²) in [5.41, 5.74) is 0. The molecule has 0 aliphatic carbocycles. The summed E-state index contributed by atoms with van der Waals surface area (Å²) in [7, 11) is 1.59. The minimum absolute atomic E-state index is 0.508. The Kier molecular flexibility index (Phi) is 3.27. The lowest BCUT2D eigenvalue weighted by atomic mass is 10.3. The molecule has 16 heavy (non-hydrogen) atoms. The topological polar surface area (TPSA) is 31.4 Å². The summed E-state index contributed by atoms with van der Waals surface area (Å²) >= 11 is 5.96. The molecule has 0 atom stereocenters.